The van der Waals surface area contributed by atoms with Crippen LogP contribution in [-0.4, -0.2) is 54.5 Å². The molecule has 1 aromatic carbocycles. The van der Waals surface area contributed by atoms with E-state index >= 15 is 0 Å². The molecule has 3 amide bonds. The predicted molar refractivity (Wildman–Crippen MR) is 115 cm³/mol. The third-order valence-corrected chi connectivity index (χ3v) is 5.24. The number of methoxy groups -OCH3 is 1. The van der Waals surface area contributed by atoms with Gasteiger partial charge in [0, 0.05) is 42.3 Å². The van der Waals surface area contributed by atoms with E-state index in [2.05, 4.69) is 15.6 Å². The number of ether oxygens (including phenoxy) is 1. The molecular weight excluding hydrogens is 403 g/mol. The first kappa shape index (κ1) is 22.1. The van der Waals surface area contributed by atoms with E-state index in [1.165, 1.54) is 30.2 Å². The van der Waals surface area contributed by atoms with Crippen LogP contribution in [0, 0.1) is 19.7 Å². The Morgan fingerprint density at radius 1 is 1.29 bits per heavy atom. The number of hydrogen-bond acceptors (Lipinski definition) is 4. The molecule has 31 heavy (non-hydrogen) atoms. The molecule has 0 atom stereocenters. The molecule has 2 aromatic rings. The van der Waals surface area contributed by atoms with Crippen molar-refractivity contribution >= 4 is 35.2 Å². The Hall–Kier alpha value is -3.62. The number of nitrogens with zero attached hydrogens (tertiary/aromatic N) is 1. The summed E-state index contributed by atoms with van der Waals surface area (Å²) in [5.74, 6) is -1.06. The molecule has 0 saturated carbocycles. The molecular formula is C22H25FN4O4. The highest BCUT2D eigenvalue weighted by molar-refractivity contribution is 6.34. The number of hydrogen-bond donors (Lipinski definition) is 3. The van der Waals surface area contributed by atoms with Crippen LogP contribution in [0.2, 0.25) is 0 Å². The molecule has 3 rings (SSSR count). The lowest BCUT2D eigenvalue weighted by Gasteiger charge is -2.19. The third-order valence-electron chi connectivity index (χ3n) is 5.24. The maximum atomic E-state index is 13.7. The van der Waals surface area contributed by atoms with Crippen molar-refractivity contribution < 1.29 is 23.5 Å². The lowest BCUT2D eigenvalue weighted by Crippen LogP contribution is -2.38. The molecule has 1 aromatic heterocycles. The van der Waals surface area contributed by atoms with Crippen LogP contribution in [0.15, 0.2) is 18.2 Å². The van der Waals surface area contributed by atoms with Gasteiger partial charge in [0.15, 0.2) is 0 Å². The van der Waals surface area contributed by atoms with E-state index in [-0.39, 0.29) is 18.4 Å². The minimum atomic E-state index is -0.453. The highest BCUT2D eigenvalue weighted by Crippen LogP contribution is 2.34. The van der Waals surface area contributed by atoms with E-state index in [1.807, 2.05) is 6.92 Å². The molecule has 0 spiro atoms. The molecule has 1 aliphatic rings. The number of aromatic amines is 1. The minimum Gasteiger partial charge on any atom is -0.453 e. The predicted octanol–water partition coefficient (Wildman–Crippen LogP) is 3.08. The Labute approximate surface area is 179 Å². The van der Waals surface area contributed by atoms with Gasteiger partial charge in [-0.15, -0.1) is 0 Å². The number of fused-ring (bicyclic) bond motifs is 1. The molecule has 164 valence electrons. The summed E-state index contributed by atoms with van der Waals surface area (Å²) in [5.41, 5.74) is 3.70. The van der Waals surface area contributed by atoms with E-state index in [1.54, 1.807) is 19.9 Å². The standard InChI is InChI=1S/C22H25FN4O4/c1-5-27(22(30)31-4)9-8-24-21(29)19-12(2)18(25-13(19)3)11-16-15-10-14(23)6-7-17(15)26-20(16)28/h6-7,10-11,25H,5,8-9H2,1-4H3,(H,24,29)(H,26,28)/b16-11-. The molecule has 0 radical (unpaired) electrons. The van der Waals surface area contributed by atoms with Crippen LogP contribution in [0.4, 0.5) is 14.9 Å². The summed E-state index contributed by atoms with van der Waals surface area (Å²) in [6.45, 7) is 6.40. The molecule has 0 bridgehead atoms. The van der Waals surface area contributed by atoms with Crippen LogP contribution in [0.5, 0.6) is 0 Å². The van der Waals surface area contributed by atoms with Gasteiger partial charge in [-0.25, -0.2) is 9.18 Å². The number of anilines is 1. The van der Waals surface area contributed by atoms with E-state index in [9.17, 15) is 18.8 Å². The average molecular weight is 428 g/mol. The van der Waals surface area contributed by atoms with Gasteiger partial charge < -0.3 is 25.3 Å². The summed E-state index contributed by atoms with van der Waals surface area (Å²) in [4.78, 5) is 41.3. The van der Waals surface area contributed by atoms with Crippen LogP contribution < -0.4 is 10.6 Å². The van der Waals surface area contributed by atoms with Crippen molar-refractivity contribution in [3.05, 3.63) is 52.1 Å². The summed E-state index contributed by atoms with van der Waals surface area (Å²) in [6, 6.07) is 4.11. The van der Waals surface area contributed by atoms with E-state index in [0.717, 1.165) is 0 Å². The number of aryl methyl sites for hydroxylation is 1. The van der Waals surface area contributed by atoms with Gasteiger partial charge in [0.2, 0.25) is 0 Å². The Kier molecular flexibility index (Phi) is 6.43. The number of benzene rings is 1. The largest absolute Gasteiger partial charge is 0.453 e. The highest BCUT2D eigenvalue weighted by Gasteiger charge is 2.26. The van der Waals surface area contributed by atoms with Gasteiger partial charge in [0.05, 0.1) is 18.2 Å². The van der Waals surface area contributed by atoms with Crippen molar-refractivity contribution in [1.29, 1.82) is 0 Å². The van der Waals surface area contributed by atoms with Crippen LogP contribution in [0.1, 0.15) is 39.8 Å². The fourth-order valence-corrected chi connectivity index (χ4v) is 3.61. The van der Waals surface area contributed by atoms with E-state index in [0.29, 0.717) is 52.4 Å². The molecule has 0 fully saturated rings. The van der Waals surface area contributed by atoms with Crippen LogP contribution in [0.25, 0.3) is 11.6 Å². The smallest absolute Gasteiger partial charge is 0.409 e. The maximum Gasteiger partial charge on any atom is 0.409 e. The van der Waals surface area contributed by atoms with Crippen molar-refractivity contribution in [3.63, 3.8) is 0 Å². The van der Waals surface area contributed by atoms with Crippen molar-refractivity contribution in [2.45, 2.75) is 20.8 Å². The third kappa shape index (κ3) is 4.45. The summed E-state index contributed by atoms with van der Waals surface area (Å²) in [7, 11) is 1.31. The lowest BCUT2D eigenvalue weighted by atomic mass is 10.0. The lowest BCUT2D eigenvalue weighted by molar-refractivity contribution is -0.110. The van der Waals surface area contributed by atoms with Gasteiger partial charge in [-0.1, -0.05) is 0 Å². The van der Waals surface area contributed by atoms with Gasteiger partial charge in [0.1, 0.15) is 5.82 Å². The van der Waals surface area contributed by atoms with Crippen LogP contribution in [0.3, 0.4) is 0 Å². The SMILES string of the molecule is CCN(CCNC(=O)c1c(C)[nH]c(/C=C2\C(=O)Nc3ccc(F)cc32)c1C)C(=O)OC. The van der Waals surface area contributed by atoms with E-state index in [4.69, 9.17) is 4.74 Å². The Morgan fingerprint density at radius 2 is 2.03 bits per heavy atom. The Balaban J connectivity index is 1.79. The number of H-pyrrole nitrogens is 1. The van der Waals surface area contributed by atoms with Crippen molar-refractivity contribution in [1.82, 2.24) is 15.2 Å². The highest BCUT2D eigenvalue weighted by atomic mass is 19.1. The van der Waals surface area contributed by atoms with Gasteiger partial charge in [-0.2, -0.15) is 0 Å². The minimum absolute atomic E-state index is 0.261. The average Bonchev–Trinajstić information content (AvgIpc) is 3.19. The monoisotopic (exact) mass is 428 g/mol. The summed E-state index contributed by atoms with van der Waals surface area (Å²) in [5, 5.41) is 5.51. The molecule has 0 saturated heterocycles. The second-order valence-corrected chi connectivity index (χ2v) is 7.17. The molecule has 3 N–H and O–H groups in total. The number of nitrogens with one attached hydrogen (secondary N) is 3. The van der Waals surface area contributed by atoms with E-state index < -0.39 is 11.9 Å². The summed E-state index contributed by atoms with van der Waals surface area (Å²) < 4.78 is 18.4. The zero-order chi connectivity index (χ0) is 22.7. The first-order valence-electron chi connectivity index (χ1n) is 9.90. The number of aromatic nitrogens is 1. The first-order valence-corrected chi connectivity index (χ1v) is 9.90. The zero-order valence-corrected chi connectivity index (χ0v) is 17.9. The summed E-state index contributed by atoms with van der Waals surface area (Å²) >= 11 is 0. The second-order valence-electron chi connectivity index (χ2n) is 7.17. The normalized spacial score (nSPS) is 13.7. The van der Waals surface area contributed by atoms with Crippen molar-refractivity contribution in [2.75, 3.05) is 32.1 Å². The zero-order valence-electron chi connectivity index (χ0n) is 17.9. The maximum absolute atomic E-state index is 13.7. The molecule has 9 heteroatoms. The van der Waals surface area contributed by atoms with Crippen molar-refractivity contribution in [3.8, 4) is 0 Å². The number of amides is 3. The van der Waals surface area contributed by atoms with Gasteiger partial charge >= 0.3 is 6.09 Å². The molecule has 0 unspecified atom stereocenters. The number of carbonyl (C=O) groups is 3. The Morgan fingerprint density at radius 3 is 2.71 bits per heavy atom. The first-order chi connectivity index (χ1) is 14.8. The van der Waals surface area contributed by atoms with Crippen LogP contribution in [-0.2, 0) is 9.53 Å². The topological polar surface area (TPSA) is 104 Å². The molecule has 1 aliphatic heterocycles. The number of likely N-dealkylation sites (N-methyl/N-ethyl adjacent to an activating group) is 1. The van der Waals surface area contributed by atoms with Gasteiger partial charge in [0.25, 0.3) is 11.8 Å². The molecule has 2 heterocycles. The number of halogens is 1. The number of rotatable bonds is 6. The van der Waals surface area contributed by atoms with Gasteiger partial charge in [-0.3, -0.25) is 9.59 Å². The Bertz CT molecular complexity index is 1070. The molecule has 0 aliphatic carbocycles. The fourth-order valence-electron chi connectivity index (χ4n) is 3.61. The van der Waals surface area contributed by atoms with Crippen molar-refractivity contribution in [2.24, 2.45) is 0 Å². The quantitative estimate of drug-likeness (QED) is 0.615. The fraction of sp³-hybridized carbons (Fsp3) is 0.318. The molecule has 8 nitrogen and oxygen atoms in total. The van der Waals surface area contributed by atoms with Gasteiger partial charge in [-0.05, 0) is 50.6 Å². The number of carbonyl (C=O) groups excluding carboxylic acids is 3. The van der Waals surface area contributed by atoms with Crippen LogP contribution >= 0.6 is 0 Å². The summed E-state index contributed by atoms with van der Waals surface area (Å²) in [6.07, 6.45) is 1.17. The second kappa shape index (κ2) is 9.03.